The fourth-order valence-corrected chi connectivity index (χ4v) is 11.9. The third kappa shape index (κ3) is 75.2. The van der Waals surface area contributed by atoms with Crippen LogP contribution in [0.3, 0.4) is 0 Å². The Kier molecular flexibility index (Phi) is 72.4. The molecule has 0 spiro atoms. The summed E-state index contributed by atoms with van der Waals surface area (Å²) in [6.45, 7) is 4.44. The Balaban J connectivity index is 5.43. The van der Waals surface area contributed by atoms with E-state index < -0.39 is 97.5 Å². The van der Waals surface area contributed by atoms with Gasteiger partial charge >= 0.3 is 39.5 Å². The van der Waals surface area contributed by atoms with Gasteiger partial charge in [-0.05, 0) is 141 Å². The molecule has 0 fully saturated rings. The van der Waals surface area contributed by atoms with Gasteiger partial charge in [0.1, 0.15) is 19.3 Å². The van der Waals surface area contributed by atoms with E-state index in [9.17, 15) is 43.2 Å². The maximum atomic E-state index is 13.1. The first-order valence-corrected chi connectivity index (χ1v) is 43.1. The highest BCUT2D eigenvalue weighted by atomic mass is 31.2. The second kappa shape index (κ2) is 76.1. The lowest BCUT2D eigenvalue weighted by atomic mass is 10.0. The topological polar surface area (TPSA) is 237 Å². The van der Waals surface area contributed by atoms with Gasteiger partial charge < -0.3 is 33.8 Å². The van der Waals surface area contributed by atoms with E-state index in [4.69, 9.17) is 37.0 Å². The molecule has 19 heteroatoms. The zero-order chi connectivity index (χ0) is 76.0. The molecule has 0 aliphatic heterocycles. The van der Waals surface area contributed by atoms with Crippen molar-refractivity contribution < 1.29 is 80.2 Å². The molecule has 0 aromatic carbocycles. The maximum absolute atomic E-state index is 13.1. The minimum absolute atomic E-state index is 0.0345. The summed E-state index contributed by atoms with van der Waals surface area (Å²) in [4.78, 5) is 73.0. The van der Waals surface area contributed by atoms with Gasteiger partial charge in [-0.3, -0.25) is 37.3 Å². The van der Waals surface area contributed by atoms with Crippen molar-refractivity contribution >= 4 is 39.5 Å². The number of allylic oxidation sites excluding steroid dienone is 24. The first-order valence-electron chi connectivity index (χ1n) is 40.1. The van der Waals surface area contributed by atoms with Crippen LogP contribution in [0.5, 0.6) is 0 Å². The van der Waals surface area contributed by atoms with Gasteiger partial charge in [-0.15, -0.1) is 0 Å². The van der Waals surface area contributed by atoms with Crippen LogP contribution in [-0.4, -0.2) is 96.7 Å². The monoisotopic (exact) mass is 1500 g/mol. The second-order valence-corrected chi connectivity index (χ2v) is 29.1. The Morgan fingerprint density at radius 2 is 0.500 bits per heavy atom. The standard InChI is InChI=1S/C85H142O17P2/c1-5-9-13-17-21-25-29-33-37-38-39-40-44-46-50-54-58-62-66-70-83(88)96-76-81(102-85(90)72-68-64-60-56-52-48-43-36-32-28-24-20-16-12-8-4)78-100-104(93,94)98-74-79(86)73-97-103(91,92)99-77-80(101-84(89)71-67-63-59-55-51-47-42-35-31-27-23-19-15-11-7-3)75-95-82(87)69-65-61-57-53-49-45-41-34-30-26-22-18-14-10-6-2/h9-10,12-14,16,21-22,24-26,28,33-34,36-37,39-41,43,49,52-53,56,79-81,86H,5-8,11,15,17-20,23,27,29-32,35,38,42,44-48,50-51,54-55,57-78H2,1-4H3,(H,91,92)(H,93,94)/b13-9-,14-10-,16-12-,25-21-,26-22-,28-24-,37-33-,40-39-,41-34-,43-36-,53-49-,56-52-. The van der Waals surface area contributed by atoms with Crippen LogP contribution in [0.15, 0.2) is 146 Å². The van der Waals surface area contributed by atoms with E-state index in [1.54, 1.807) is 0 Å². The minimum Gasteiger partial charge on any atom is -0.462 e. The Hall–Kier alpha value is -5.06. The number of aliphatic hydroxyl groups is 1. The van der Waals surface area contributed by atoms with Gasteiger partial charge in [0.15, 0.2) is 12.2 Å². The quantitative estimate of drug-likeness (QED) is 0.0169. The molecule has 0 aromatic heterocycles. The van der Waals surface area contributed by atoms with Crippen molar-refractivity contribution in [3.05, 3.63) is 146 Å². The SMILES string of the molecule is CC/C=C\C/C=C\C/C=C\C/C=C\CCCCCCCCC(=O)OCC(COP(=O)(O)OCC(O)COP(=O)(O)OCC(COC(=O)CCCC/C=C\C/C=C\C/C=C\C/C=C\CC)OC(=O)CCCCCCCCCCCCCCCCC)OC(=O)CCCC/C=C\C/C=C\C/C=C\C/C=C\CC. The van der Waals surface area contributed by atoms with E-state index >= 15 is 0 Å². The predicted octanol–water partition coefficient (Wildman–Crippen LogP) is 23.4. The molecule has 0 aliphatic rings. The molecule has 0 saturated carbocycles. The van der Waals surface area contributed by atoms with Crippen molar-refractivity contribution in [2.45, 2.75) is 329 Å². The second-order valence-electron chi connectivity index (χ2n) is 26.2. The average Bonchev–Trinajstić information content (AvgIpc) is 0.918. The van der Waals surface area contributed by atoms with E-state index in [1.807, 2.05) is 0 Å². The van der Waals surface area contributed by atoms with Crippen LogP contribution >= 0.6 is 15.6 Å². The van der Waals surface area contributed by atoms with Crippen molar-refractivity contribution in [3.8, 4) is 0 Å². The Morgan fingerprint density at radius 1 is 0.279 bits per heavy atom. The summed E-state index contributed by atoms with van der Waals surface area (Å²) in [6.07, 6.45) is 86.9. The van der Waals surface area contributed by atoms with Gasteiger partial charge in [0.05, 0.1) is 26.4 Å². The summed E-state index contributed by atoms with van der Waals surface area (Å²) < 4.78 is 68.5. The highest BCUT2D eigenvalue weighted by Crippen LogP contribution is 2.45. The lowest BCUT2D eigenvalue weighted by Gasteiger charge is -2.21. The third-order valence-electron chi connectivity index (χ3n) is 16.3. The van der Waals surface area contributed by atoms with E-state index in [-0.39, 0.29) is 25.7 Å². The first kappa shape index (κ1) is 98.9. The molecule has 0 aliphatic carbocycles. The van der Waals surface area contributed by atoms with Gasteiger partial charge in [-0.25, -0.2) is 9.13 Å². The molecule has 17 nitrogen and oxygen atoms in total. The molecule has 0 radical (unpaired) electrons. The molecule has 0 heterocycles. The van der Waals surface area contributed by atoms with Crippen LogP contribution in [0.1, 0.15) is 310 Å². The van der Waals surface area contributed by atoms with Crippen LogP contribution in [0.2, 0.25) is 0 Å². The Morgan fingerprint density at radius 3 is 0.788 bits per heavy atom. The van der Waals surface area contributed by atoms with Gasteiger partial charge in [0, 0.05) is 25.7 Å². The minimum atomic E-state index is -5.00. The molecule has 0 rings (SSSR count). The van der Waals surface area contributed by atoms with E-state index in [2.05, 4.69) is 174 Å². The highest BCUT2D eigenvalue weighted by molar-refractivity contribution is 7.47. The number of carbonyl (C=O) groups is 4. The van der Waals surface area contributed by atoms with Crippen LogP contribution < -0.4 is 0 Å². The highest BCUT2D eigenvalue weighted by Gasteiger charge is 2.30. The lowest BCUT2D eigenvalue weighted by Crippen LogP contribution is -2.30. The number of hydrogen-bond donors (Lipinski definition) is 3. The van der Waals surface area contributed by atoms with E-state index in [0.29, 0.717) is 32.1 Å². The fourth-order valence-electron chi connectivity index (χ4n) is 10.3. The zero-order valence-electron chi connectivity index (χ0n) is 64.9. The van der Waals surface area contributed by atoms with E-state index in [1.165, 1.54) is 64.2 Å². The van der Waals surface area contributed by atoms with Gasteiger partial charge in [-0.1, -0.05) is 289 Å². The average molecular weight is 1500 g/mol. The molecule has 0 aromatic rings. The summed E-state index contributed by atoms with van der Waals surface area (Å²) >= 11 is 0. The Bertz CT molecular complexity index is 2540. The number of aliphatic hydroxyl groups excluding tert-OH is 1. The van der Waals surface area contributed by atoms with Crippen molar-refractivity contribution in [1.82, 2.24) is 0 Å². The third-order valence-corrected chi connectivity index (χ3v) is 18.2. The molecule has 0 saturated heterocycles. The Labute approximate surface area is 630 Å². The number of phosphoric acid groups is 2. The summed E-state index contributed by atoms with van der Waals surface area (Å²) in [6, 6.07) is 0. The fraction of sp³-hybridized carbons (Fsp3) is 0.671. The molecule has 0 amide bonds. The van der Waals surface area contributed by atoms with Crippen LogP contribution in [-0.2, 0) is 65.4 Å². The largest absolute Gasteiger partial charge is 0.472 e. The summed E-state index contributed by atoms with van der Waals surface area (Å²) in [5, 5.41) is 10.6. The normalized spacial score (nSPS) is 14.6. The number of unbranched alkanes of at least 4 members (excludes halogenated alkanes) is 24. The molecule has 3 N–H and O–H groups in total. The van der Waals surface area contributed by atoms with Crippen molar-refractivity contribution in [3.63, 3.8) is 0 Å². The number of ether oxygens (including phenoxy) is 4. The number of hydrogen-bond acceptors (Lipinski definition) is 15. The molecule has 594 valence electrons. The van der Waals surface area contributed by atoms with Gasteiger partial charge in [0.2, 0.25) is 0 Å². The lowest BCUT2D eigenvalue weighted by molar-refractivity contribution is -0.161. The van der Waals surface area contributed by atoms with E-state index in [0.717, 1.165) is 161 Å². The maximum Gasteiger partial charge on any atom is 0.472 e. The molecular formula is C85H142O17P2. The molecule has 104 heavy (non-hydrogen) atoms. The first-order chi connectivity index (χ1) is 50.7. The van der Waals surface area contributed by atoms with Crippen LogP contribution in [0.25, 0.3) is 0 Å². The molecule has 5 atom stereocenters. The smallest absolute Gasteiger partial charge is 0.462 e. The zero-order valence-corrected chi connectivity index (χ0v) is 66.7. The number of carbonyl (C=O) groups excluding carboxylic acids is 4. The van der Waals surface area contributed by atoms with Crippen LogP contribution in [0.4, 0.5) is 0 Å². The van der Waals surface area contributed by atoms with Crippen LogP contribution in [0, 0.1) is 0 Å². The van der Waals surface area contributed by atoms with Crippen molar-refractivity contribution in [2.24, 2.45) is 0 Å². The molecule has 5 unspecified atom stereocenters. The molecule has 0 bridgehead atoms. The molecular weight excluding hydrogens is 1350 g/mol. The number of esters is 4. The summed E-state index contributed by atoms with van der Waals surface area (Å²) in [5.74, 6) is -2.28. The van der Waals surface area contributed by atoms with Crippen molar-refractivity contribution in [2.75, 3.05) is 39.6 Å². The summed E-state index contributed by atoms with van der Waals surface area (Å²) in [7, 11) is -9.99. The number of rotatable bonds is 74. The number of phosphoric ester groups is 2. The van der Waals surface area contributed by atoms with Crippen molar-refractivity contribution in [1.29, 1.82) is 0 Å². The van der Waals surface area contributed by atoms with Gasteiger partial charge in [-0.2, -0.15) is 0 Å². The van der Waals surface area contributed by atoms with Gasteiger partial charge in [0.25, 0.3) is 0 Å². The predicted molar refractivity (Wildman–Crippen MR) is 427 cm³/mol. The summed E-state index contributed by atoms with van der Waals surface area (Å²) in [5.41, 5.74) is 0.